The number of para-hydroxylation sites is 2. The van der Waals surface area contributed by atoms with E-state index in [0.29, 0.717) is 0 Å². The molecule has 0 spiro atoms. The highest BCUT2D eigenvalue weighted by molar-refractivity contribution is 7.25. The second-order valence-electron chi connectivity index (χ2n) is 13.0. The number of benzene rings is 8. The fourth-order valence-electron chi connectivity index (χ4n) is 8.09. The number of hydrogen-bond donors (Lipinski definition) is 0. The molecule has 0 radical (unpaired) electrons. The van der Waals surface area contributed by atoms with Crippen molar-refractivity contribution < 1.29 is 0 Å². The standard InChI is InChI=1S/C46H28N2S/c1-2-13-33(14-3-1)47-39-17-8-6-15-34(39)36-26-31(21-23-40(36)47)32-22-24-41-37(27-32)38-25-29-11-4-5-12-30(29)28-43(38)48(41)42-18-10-20-45-46(42)35-16-7-9-19-44(35)49-45/h1-28H. The Hall–Kier alpha value is -6.16. The first-order chi connectivity index (χ1) is 24.3. The molecule has 3 heteroatoms. The van der Waals surface area contributed by atoms with Gasteiger partial charge in [-0.05, 0) is 94.7 Å². The summed E-state index contributed by atoms with van der Waals surface area (Å²) in [5, 5.41) is 10.2. The Bertz CT molecular complexity index is 3100. The van der Waals surface area contributed by atoms with E-state index in [-0.39, 0.29) is 0 Å². The lowest BCUT2D eigenvalue weighted by Gasteiger charge is -2.11. The normalized spacial score (nSPS) is 12.1. The lowest BCUT2D eigenvalue weighted by Crippen LogP contribution is -1.94. The molecule has 11 rings (SSSR count). The van der Waals surface area contributed by atoms with Crippen molar-refractivity contribution in [3.8, 4) is 22.5 Å². The zero-order valence-corrected chi connectivity index (χ0v) is 27.3. The van der Waals surface area contributed by atoms with Gasteiger partial charge in [0.2, 0.25) is 0 Å². The zero-order chi connectivity index (χ0) is 32.1. The number of thiophene rings is 1. The molecule has 8 aromatic carbocycles. The van der Waals surface area contributed by atoms with E-state index >= 15 is 0 Å². The topological polar surface area (TPSA) is 9.86 Å². The minimum Gasteiger partial charge on any atom is -0.309 e. The summed E-state index contributed by atoms with van der Waals surface area (Å²) < 4.78 is 7.51. The Morgan fingerprint density at radius 3 is 1.76 bits per heavy atom. The minimum atomic E-state index is 1.18. The lowest BCUT2D eigenvalue weighted by molar-refractivity contribution is 1.18. The number of rotatable bonds is 3. The molecule has 0 aliphatic carbocycles. The van der Waals surface area contributed by atoms with Crippen LogP contribution >= 0.6 is 11.3 Å². The summed E-state index contributed by atoms with van der Waals surface area (Å²) in [6.45, 7) is 0. The average molecular weight is 641 g/mol. The molecule has 49 heavy (non-hydrogen) atoms. The van der Waals surface area contributed by atoms with Gasteiger partial charge in [-0.1, -0.05) is 97.1 Å². The molecule has 0 fully saturated rings. The second kappa shape index (κ2) is 10.2. The predicted molar refractivity (Wildman–Crippen MR) is 211 cm³/mol. The van der Waals surface area contributed by atoms with Gasteiger partial charge in [0.15, 0.2) is 0 Å². The van der Waals surface area contributed by atoms with Gasteiger partial charge in [0.05, 0.1) is 27.8 Å². The van der Waals surface area contributed by atoms with E-state index in [1.807, 2.05) is 11.3 Å². The van der Waals surface area contributed by atoms with Gasteiger partial charge in [-0.2, -0.15) is 0 Å². The van der Waals surface area contributed by atoms with Gasteiger partial charge in [-0.3, -0.25) is 0 Å². The maximum Gasteiger partial charge on any atom is 0.0555 e. The van der Waals surface area contributed by atoms with Crippen LogP contribution in [0.25, 0.3) is 97.1 Å². The highest BCUT2D eigenvalue weighted by atomic mass is 32.1. The van der Waals surface area contributed by atoms with Gasteiger partial charge >= 0.3 is 0 Å². The van der Waals surface area contributed by atoms with Crippen LogP contribution < -0.4 is 0 Å². The molecular weight excluding hydrogens is 613 g/mol. The van der Waals surface area contributed by atoms with Crippen LogP contribution in [0.5, 0.6) is 0 Å². The van der Waals surface area contributed by atoms with Crippen LogP contribution in [0.3, 0.4) is 0 Å². The van der Waals surface area contributed by atoms with Gasteiger partial charge in [0.25, 0.3) is 0 Å². The Kier molecular flexibility index (Phi) is 5.57. The van der Waals surface area contributed by atoms with Crippen molar-refractivity contribution in [3.05, 3.63) is 170 Å². The van der Waals surface area contributed by atoms with Gasteiger partial charge < -0.3 is 9.13 Å². The molecule has 0 unspecified atom stereocenters. The molecule has 0 atom stereocenters. The molecule has 0 N–H and O–H groups in total. The van der Waals surface area contributed by atoms with E-state index in [1.165, 1.54) is 97.1 Å². The number of aromatic nitrogens is 2. The summed E-state index contributed by atoms with van der Waals surface area (Å²) in [5.41, 5.74) is 9.74. The summed E-state index contributed by atoms with van der Waals surface area (Å²) in [4.78, 5) is 0. The quantitative estimate of drug-likeness (QED) is 0.182. The van der Waals surface area contributed by atoms with Crippen molar-refractivity contribution in [2.24, 2.45) is 0 Å². The third-order valence-corrected chi connectivity index (χ3v) is 11.4. The van der Waals surface area contributed by atoms with Gasteiger partial charge in [0, 0.05) is 47.4 Å². The van der Waals surface area contributed by atoms with E-state index < -0.39 is 0 Å². The molecule has 0 amide bonds. The summed E-state index contributed by atoms with van der Waals surface area (Å²) in [7, 11) is 0. The van der Waals surface area contributed by atoms with Gasteiger partial charge in [0.1, 0.15) is 0 Å². The Labute approximate surface area is 286 Å². The Morgan fingerprint density at radius 1 is 0.347 bits per heavy atom. The largest absolute Gasteiger partial charge is 0.309 e. The van der Waals surface area contributed by atoms with Crippen molar-refractivity contribution >= 4 is 85.9 Å². The summed E-state index contributed by atoms with van der Waals surface area (Å²) in [6, 6.07) is 62.5. The van der Waals surface area contributed by atoms with E-state index in [0.717, 1.165) is 0 Å². The van der Waals surface area contributed by atoms with Gasteiger partial charge in [-0.25, -0.2) is 0 Å². The highest BCUT2D eigenvalue weighted by Crippen LogP contribution is 2.43. The van der Waals surface area contributed by atoms with Crippen molar-refractivity contribution in [2.75, 3.05) is 0 Å². The first kappa shape index (κ1) is 26.9. The van der Waals surface area contributed by atoms with E-state index in [9.17, 15) is 0 Å². The molecule has 228 valence electrons. The van der Waals surface area contributed by atoms with Crippen molar-refractivity contribution in [3.63, 3.8) is 0 Å². The molecule has 3 heterocycles. The Balaban J connectivity index is 1.19. The van der Waals surface area contributed by atoms with Crippen LogP contribution in [-0.4, -0.2) is 9.13 Å². The van der Waals surface area contributed by atoms with Crippen LogP contribution in [0.15, 0.2) is 170 Å². The van der Waals surface area contributed by atoms with Gasteiger partial charge in [-0.15, -0.1) is 11.3 Å². The fourth-order valence-corrected chi connectivity index (χ4v) is 9.22. The van der Waals surface area contributed by atoms with Crippen molar-refractivity contribution in [2.45, 2.75) is 0 Å². The fraction of sp³-hybridized carbons (Fsp3) is 0. The summed E-state index contributed by atoms with van der Waals surface area (Å²) >= 11 is 1.87. The molecule has 0 aliphatic rings. The van der Waals surface area contributed by atoms with Crippen LogP contribution in [0.2, 0.25) is 0 Å². The predicted octanol–water partition coefficient (Wildman–Crippen LogP) is 13.1. The third-order valence-electron chi connectivity index (χ3n) is 10.3. The maximum atomic E-state index is 2.50. The van der Waals surface area contributed by atoms with E-state index in [4.69, 9.17) is 0 Å². The molecule has 0 bridgehead atoms. The molecule has 0 aliphatic heterocycles. The van der Waals surface area contributed by atoms with Crippen LogP contribution in [0.4, 0.5) is 0 Å². The smallest absolute Gasteiger partial charge is 0.0555 e. The molecule has 3 aromatic heterocycles. The van der Waals surface area contributed by atoms with Crippen LogP contribution in [0.1, 0.15) is 0 Å². The summed E-state index contributed by atoms with van der Waals surface area (Å²) in [6.07, 6.45) is 0. The zero-order valence-electron chi connectivity index (χ0n) is 26.5. The lowest BCUT2D eigenvalue weighted by atomic mass is 10.00. The first-order valence-corrected chi connectivity index (χ1v) is 17.6. The minimum absolute atomic E-state index is 1.18. The van der Waals surface area contributed by atoms with Crippen molar-refractivity contribution in [1.29, 1.82) is 0 Å². The third kappa shape index (κ3) is 3.88. The number of nitrogens with zero attached hydrogens (tertiary/aromatic N) is 2. The van der Waals surface area contributed by atoms with Crippen molar-refractivity contribution in [1.82, 2.24) is 9.13 Å². The molecule has 0 saturated carbocycles. The highest BCUT2D eigenvalue weighted by Gasteiger charge is 2.19. The van der Waals surface area contributed by atoms with Crippen LogP contribution in [0, 0.1) is 0 Å². The SMILES string of the molecule is c1ccc(-n2c3ccccc3c3cc(-c4ccc5c(c4)c4cc6ccccc6cc4n5-c4cccc5sc6ccccc6c45)ccc32)cc1. The van der Waals surface area contributed by atoms with E-state index in [2.05, 4.69) is 179 Å². The molecule has 11 aromatic rings. The van der Waals surface area contributed by atoms with E-state index in [1.54, 1.807) is 0 Å². The molecular formula is C46H28N2S. The first-order valence-electron chi connectivity index (χ1n) is 16.8. The second-order valence-corrected chi connectivity index (χ2v) is 14.0. The molecule has 0 saturated heterocycles. The number of hydrogen-bond acceptors (Lipinski definition) is 1. The number of fused-ring (bicyclic) bond motifs is 10. The van der Waals surface area contributed by atoms with Crippen LogP contribution in [-0.2, 0) is 0 Å². The average Bonchev–Trinajstić information content (AvgIpc) is 3.81. The Morgan fingerprint density at radius 2 is 0.939 bits per heavy atom. The maximum absolute atomic E-state index is 2.50. The summed E-state index contributed by atoms with van der Waals surface area (Å²) in [5.74, 6) is 0. The monoisotopic (exact) mass is 640 g/mol. The molecule has 2 nitrogen and oxygen atoms in total.